The summed E-state index contributed by atoms with van der Waals surface area (Å²) in [5.41, 5.74) is 1.39. The molecule has 1 heterocycles. The SMILES string of the molecule is COc1ccc(CN2CCCN(Cc3ccc(OC)cc3)C2c2ccc(Oc3ccc(C(F)(F)F)cc3[N+](=O)[O-])cc2)cc1. The third kappa shape index (κ3) is 7.29. The molecule has 0 radical (unpaired) electrons. The van der Waals surface area contributed by atoms with Crippen molar-refractivity contribution in [2.75, 3.05) is 27.3 Å². The summed E-state index contributed by atoms with van der Waals surface area (Å²) >= 11 is 0. The fourth-order valence-electron chi connectivity index (χ4n) is 5.39. The fraction of sp³-hybridized carbons (Fsp3) is 0.273. The molecule has 0 aliphatic carbocycles. The van der Waals surface area contributed by atoms with Gasteiger partial charge in [0.05, 0.1) is 30.9 Å². The van der Waals surface area contributed by atoms with Gasteiger partial charge in [0.15, 0.2) is 0 Å². The predicted molar refractivity (Wildman–Crippen MR) is 159 cm³/mol. The number of nitro groups is 1. The van der Waals surface area contributed by atoms with Gasteiger partial charge in [0, 0.05) is 32.2 Å². The Morgan fingerprint density at radius 2 is 1.27 bits per heavy atom. The van der Waals surface area contributed by atoms with Crippen LogP contribution in [-0.4, -0.2) is 42.0 Å². The van der Waals surface area contributed by atoms with Crippen molar-refractivity contribution in [3.63, 3.8) is 0 Å². The van der Waals surface area contributed by atoms with Crippen molar-refractivity contribution in [2.24, 2.45) is 0 Å². The van der Waals surface area contributed by atoms with Crippen LogP contribution in [0, 0.1) is 10.1 Å². The predicted octanol–water partition coefficient (Wildman–Crippen LogP) is 7.83. The van der Waals surface area contributed by atoms with E-state index < -0.39 is 22.4 Å². The Morgan fingerprint density at radius 3 is 1.73 bits per heavy atom. The number of rotatable bonds is 10. The Balaban J connectivity index is 1.42. The second kappa shape index (κ2) is 13.4. The van der Waals surface area contributed by atoms with Gasteiger partial charge < -0.3 is 14.2 Å². The Hall–Kier alpha value is -4.61. The van der Waals surface area contributed by atoms with Gasteiger partial charge in [-0.15, -0.1) is 0 Å². The van der Waals surface area contributed by atoms with Crippen LogP contribution in [0.4, 0.5) is 18.9 Å². The van der Waals surface area contributed by atoms with Crippen molar-refractivity contribution < 1.29 is 32.3 Å². The topological polar surface area (TPSA) is 77.3 Å². The summed E-state index contributed by atoms with van der Waals surface area (Å²) in [6.45, 7) is 3.13. The lowest BCUT2D eigenvalue weighted by Gasteiger charge is -2.44. The van der Waals surface area contributed by atoms with E-state index in [9.17, 15) is 23.3 Å². The molecule has 1 fully saturated rings. The highest BCUT2D eigenvalue weighted by molar-refractivity contribution is 5.51. The highest BCUT2D eigenvalue weighted by atomic mass is 19.4. The van der Waals surface area contributed by atoms with E-state index in [4.69, 9.17) is 14.2 Å². The first-order valence-corrected chi connectivity index (χ1v) is 14.0. The van der Waals surface area contributed by atoms with Crippen LogP contribution in [0.2, 0.25) is 0 Å². The van der Waals surface area contributed by atoms with E-state index >= 15 is 0 Å². The number of nitrogens with zero attached hydrogens (tertiary/aromatic N) is 3. The molecule has 4 aromatic rings. The van der Waals surface area contributed by atoms with Gasteiger partial charge in [-0.3, -0.25) is 19.9 Å². The zero-order chi connectivity index (χ0) is 31.3. The molecule has 1 aliphatic rings. The summed E-state index contributed by atoms with van der Waals surface area (Å²) < 4.78 is 55.7. The van der Waals surface area contributed by atoms with Crippen LogP contribution in [-0.2, 0) is 19.3 Å². The molecule has 230 valence electrons. The van der Waals surface area contributed by atoms with Gasteiger partial charge >= 0.3 is 11.9 Å². The first-order valence-electron chi connectivity index (χ1n) is 14.0. The standard InChI is InChI=1S/C33H32F3N3O5/c1-42-27-11-4-23(5-12-27)21-37-18-3-19-38(22-24-6-13-28(43-2)14-7-24)32(37)25-8-15-29(16-9-25)44-31-17-10-26(33(34,35)36)20-30(31)39(40)41/h4-17,20,32H,3,18-19,21-22H2,1-2H3. The van der Waals surface area contributed by atoms with Gasteiger partial charge in [-0.2, -0.15) is 13.2 Å². The largest absolute Gasteiger partial charge is 0.497 e. The van der Waals surface area contributed by atoms with Crippen LogP contribution in [0.15, 0.2) is 91.0 Å². The van der Waals surface area contributed by atoms with E-state index in [-0.39, 0.29) is 17.7 Å². The zero-order valence-corrected chi connectivity index (χ0v) is 24.3. The highest BCUT2D eigenvalue weighted by Gasteiger charge is 2.34. The molecule has 0 aromatic heterocycles. The van der Waals surface area contributed by atoms with Crippen molar-refractivity contribution in [3.05, 3.63) is 123 Å². The minimum Gasteiger partial charge on any atom is -0.497 e. The Morgan fingerprint density at radius 1 is 0.773 bits per heavy atom. The number of nitro benzene ring substituents is 1. The van der Waals surface area contributed by atoms with E-state index in [0.717, 1.165) is 59.8 Å². The van der Waals surface area contributed by atoms with E-state index in [1.54, 1.807) is 26.4 Å². The summed E-state index contributed by atoms with van der Waals surface area (Å²) in [6, 6.07) is 25.3. The molecule has 1 saturated heterocycles. The van der Waals surface area contributed by atoms with Crippen molar-refractivity contribution in [1.29, 1.82) is 0 Å². The lowest BCUT2D eigenvalue weighted by Crippen LogP contribution is -2.46. The molecule has 0 N–H and O–H groups in total. The Kier molecular flexibility index (Phi) is 9.36. The number of hydrogen-bond acceptors (Lipinski definition) is 7. The quantitative estimate of drug-likeness (QED) is 0.134. The summed E-state index contributed by atoms with van der Waals surface area (Å²) in [4.78, 5) is 15.4. The van der Waals surface area contributed by atoms with Gasteiger partial charge in [0.2, 0.25) is 5.75 Å². The number of alkyl halides is 3. The number of halogens is 3. The van der Waals surface area contributed by atoms with E-state index in [1.807, 2.05) is 60.7 Å². The minimum atomic E-state index is -4.71. The van der Waals surface area contributed by atoms with Crippen molar-refractivity contribution >= 4 is 5.69 Å². The Bertz CT molecular complexity index is 1500. The second-order valence-corrected chi connectivity index (χ2v) is 10.5. The average Bonchev–Trinajstić information content (AvgIpc) is 3.02. The monoisotopic (exact) mass is 607 g/mol. The maximum atomic E-state index is 13.1. The molecule has 8 nitrogen and oxygen atoms in total. The lowest BCUT2D eigenvalue weighted by molar-refractivity contribution is -0.385. The molecule has 0 amide bonds. The van der Waals surface area contributed by atoms with Crippen LogP contribution in [0.1, 0.15) is 34.8 Å². The van der Waals surface area contributed by atoms with Crippen LogP contribution < -0.4 is 14.2 Å². The molecular weight excluding hydrogens is 575 g/mol. The summed E-state index contributed by atoms with van der Waals surface area (Å²) in [6.07, 6.45) is -3.83. The summed E-state index contributed by atoms with van der Waals surface area (Å²) in [5.74, 6) is 1.58. The molecule has 0 spiro atoms. The lowest BCUT2D eigenvalue weighted by atomic mass is 10.0. The van der Waals surface area contributed by atoms with Crippen LogP contribution in [0.25, 0.3) is 0 Å². The third-order valence-electron chi connectivity index (χ3n) is 7.56. The molecule has 0 unspecified atom stereocenters. The number of methoxy groups -OCH3 is 2. The van der Waals surface area contributed by atoms with Gasteiger partial charge in [-0.1, -0.05) is 36.4 Å². The maximum Gasteiger partial charge on any atom is 0.416 e. The van der Waals surface area contributed by atoms with Gasteiger partial charge in [0.1, 0.15) is 17.2 Å². The van der Waals surface area contributed by atoms with Gasteiger partial charge in [-0.25, -0.2) is 0 Å². The zero-order valence-electron chi connectivity index (χ0n) is 24.3. The molecule has 4 aromatic carbocycles. The van der Waals surface area contributed by atoms with Crippen LogP contribution >= 0.6 is 0 Å². The molecule has 0 atom stereocenters. The molecule has 5 rings (SSSR count). The molecule has 0 bridgehead atoms. The minimum absolute atomic E-state index is 0.0950. The first-order chi connectivity index (χ1) is 21.1. The van der Waals surface area contributed by atoms with Crippen molar-refractivity contribution in [2.45, 2.75) is 31.9 Å². The Labute approximate surface area is 253 Å². The maximum absolute atomic E-state index is 13.1. The fourth-order valence-corrected chi connectivity index (χ4v) is 5.39. The smallest absolute Gasteiger partial charge is 0.416 e. The highest BCUT2D eigenvalue weighted by Crippen LogP contribution is 2.39. The molecular formula is C33H32F3N3O5. The van der Waals surface area contributed by atoms with Crippen molar-refractivity contribution in [1.82, 2.24) is 9.80 Å². The van der Waals surface area contributed by atoms with Gasteiger partial charge in [-0.05, 0) is 71.6 Å². The van der Waals surface area contributed by atoms with Crippen molar-refractivity contribution in [3.8, 4) is 23.0 Å². The third-order valence-corrected chi connectivity index (χ3v) is 7.56. The second-order valence-electron chi connectivity index (χ2n) is 10.5. The van der Waals surface area contributed by atoms with E-state index in [0.29, 0.717) is 19.2 Å². The normalized spacial score (nSPS) is 14.8. The first kappa shape index (κ1) is 30.8. The van der Waals surface area contributed by atoms with Crippen LogP contribution in [0.5, 0.6) is 23.0 Å². The molecule has 44 heavy (non-hydrogen) atoms. The molecule has 1 aliphatic heterocycles. The van der Waals surface area contributed by atoms with Crippen LogP contribution in [0.3, 0.4) is 0 Å². The number of hydrogen-bond donors (Lipinski definition) is 0. The van der Waals surface area contributed by atoms with E-state index in [2.05, 4.69) is 9.80 Å². The van der Waals surface area contributed by atoms with Gasteiger partial charge in [0.25, 0.3) is 0 Å². The summed E-state index contributed by atoms with van der Waals surface area (Å²) in [7, 11) is 3.27. The van der Waals surface area contributed by atoms with E-state index in [1.165, 1.54) is 0 Å². The number of ether oxygens (including phenoxy) is 3. The average molecular weight is 608 g/mol. The summed E-state index contributed by atoms with van der Waals surface area (Å²) in [5, 5.41) is 11.5. The molecule has 11 heteroatoms. The number of benzene rings is 4. The molecule has 0 saturated carbocycles.